The second-order valence-corrected chi connectivity index (χ2v) is 5.91. The molecule has 1 aliphatic heterocycles. The quantitative estimate of drug-likeness (QED) is 0.804. The maximum absolute atomic E-state index is 13.3. The van der Waals surface area contributed by atoms with Crippen molar-refractivity contribution >= 4 is 11.6 Å². The van der Waals surface area contributed by atoms with Crippen LogP contribution in [0.25, 0.3) is 0 Å². The van der Waals surface area contributed by atoms with Crippen molar-refractivity contribution in [1.29, 1.82) is 0 Å². The number of nitrogens with one attached hydrogen (secondary N) is 1. The van der Waals surface area contributed by atoms with Crippen LogP contribution in [0.5, 0.6) is 0 Å². The SMILES string of the molecule is Cc1cc2c(cc1C)[C@@H](c1ccccc1C(F)(F)F)CC(=O)N2. The van der Waals surface area contributed by atoms with Gasteiger partial charge in [-0.1, -0.05) is 24.3 Å². The Kier molecular flexibility index (Phi) is 3.66. The molecule has 2 aromatic rings. The molecular formula is C18H16F3NO. The Morgan fingerprint density at radius 3 is 2.39 bits per heavy atom. The highest BCUT2D eigenvalue weighted by Crippen LogP contribution is 2.43. The Labute approximate surface area is 132 Å². The van der Waals surface area contributed by atoms with Gasteiger partial charge in [0.25, 0.3) is 0 Å². The Morgan fingerprint density at radius 1 is 1.04 bits per heavy atom. The van der Waals surface area contributed by atoms with Gasteiger partial charge < -0.3 is 5.32 Å². The first-order chi connectivity index (χ1) is 10.8. The molecule has 0 aliphatic carbocycles. The summed E-state index contributed by atoms with van der Waals surface area (Å²) in [5.41, 5.74) is 2.81. The minimum absolute atomic E-state index is 0.0165. The Bertz CT molecular complexity index is 780. The van der Waals surface area contributed by atoms with Crippen LogP contribution in [0.15, 0.2) is 36.4 Å². The van der Waals surface area contributed by atoms with Gasteiger partial charge >= 0.3 is 6.18 Å². The highest BCUT2D eigenvalue weighted by molar-refractivity contribution is 5.95. The van der Waals surface area contributed by atoms with Gasteiger partial charge in [0, 0.05) is 18.0 Å². The number of alkyl halides is 3. The second kappa shape index (κ2) is 5.41. The molecule has 0 spiro atoms. The van der Waals surface area contributed by atoms with E-state index in [9.17, 15) is 18.0 Å². The minimum atomic E-state index is -4.44. The van der Waals surface area contributed by atoms with Gasteiger partial charge in [0.15, 0.2) is 0 Å². The molecule has 1 heterocycles. The Morgan fingerprint density at radius 2 is 1.70 bits per heavy atom. The average molecular weight is 319 g/mol. The third-order valence-corrected chi connectivity index (χ3v) is 4.35. The molecule has 0 bridgehead atoms. The molecule has 0 saturated heterocycles. The van der Waals surface area contributed by atoms with E-state index >= 15 is 0 Å². The zero-order chi connectivity index (χ0) is 16.8. The van der Waals surface area contributed by atoms with Crippen LogP contribution in [-0.4, -0.2) is 5.91 Å². The first-order valence-corrected chi connectivity index (χ1v) is 7.34. The standard InChI is InChI=1S/C18H16F3NO/c1-10-7-14-13(9-17(23)22-16(14)8-11(10)2)12-5-3-4-6-15(12)18(19,20)21/h3-8,13H,9H2,1-2H3,(H,22,23)/t13-/m1/s1. The number of anilines is 1. The predicted octanol–water partition coefficient (Wildman–Crippen LogP) is 4.80. The van der Waals surface area contributed by atoms with E-state index in [-0.39, 0.29) is 17.9 Å². The molecule has 23 heavy (non-hydrogen) atoms. The number of aryl methyl sites for hydroxylation is 2. The van der Waals surface area contributed by atoms with Crippen molar-refractivity contribution in [2.45, 2.75) is 32.4 Å². The molecule has 3 rings (SSSR count). The topological polar surface area (TPSA) is 29.1 Å². The van der Waals surface area contributed by atoms with Crippen molar-refractivity contribution in [1.82, 2.24) is 0 Å². The van der Waals surface area contributed by atoms with Crippen molar-refractivity contribution < 1.29 is 18.0 Å². The maximum Gasteiger partial charge on any atom is 0.416 e. The van der Waals surface area contributed by atoms with Gasteiger partial charge in [-0.25, -0.2) is 0 Å². The van der Waals surface area contributed by atoms with E-state index in [1.807, 2.05) is 26.0 Å². The van der Waals surface area contributed by atoms with Crippen LogP contribution in [0.3, 0.4) is 0 Å². The summed E-state index contributed by atoms with van der Waals surface area (Å²) in [5.74, 6) is -0.849. The van der Waals surface area contributed by atoms with Gasteiger partial charge in [0.05, 0.1) is 5.56 Å². The van der Waals surface area contributed by atoms with Crippen molar-refractivity contribution in [3.8, 4) is 0 Å². The van der Waals surface area contributed by atoms with Gasteiger partial charge in [-0.2, -0.15) is 13.2 Å². The maximum atomic E-state index is 13.3. The van der Waals surface area contributed by atoms with Crippen LogP contribution in [0.4, 0.5) is 18.9 Å². The Balaban J connectivity index is 2.20. The van der Waals surface area contributed by atoms with Crippen LogP contribution >= 0.6 is 0 Å². The molecule has 1 atom stereocenters. The van der Waals surface area contributed by atoms with E-state index < -0.39 is 17.7 Å². The normalized spacial score (nSPS) is 17.6. The van der Waals surface area contributed by atoms with E-state index in [0.29, 0.717) is 5.69 Å². The van der Waals surface area contributed by atoms with Gasteiger partial charge in [-0.3, -0.25) is 4.79 Å². The molecule has 0 radical (unpaired) electrons. The van der Waals surface area contributed by atoms with Crippen LogP contribution < -0.4 is 5.32 Å². The molecule has 5 heteroatoms. The zero-order valence-corrected chi connectivity index (χ0v) is 12.8. The number of hydrogen-bond donors (Lipinski definition) is 1. The van der Waals surface area contributed by atoms with Crippen molar-refractivity contribution in [2.24, 2.45) is 0 Å². The molecule has 1 aliphatic rings. The van der Waals surface area contributed by atoms with Crippen LogP contribution in [0.2, 0.25) is 0 Å². The predicted molar refractivity (Wildman–Crippen MR) is 82.4 cm³/mol. The lowest BCUT2D eigenvalue weighted by molar-refractivity contribution is -0.138. The number of carbonyl (C=O) groups excluding carboxylic acids is 1. The highest BCUT2D eigenvalue weighted by atomic mass is 19.4. The lowest BCUT2D eigenvalue weighted by Crippen LogP contribution is -2.25. The summed E-state index contributed by atoms with van der Waals surface area (Å²) in [6, 6.07) is 9.19. The number of amides is 1. The smallest absolute Gasteiger partial charge is 0.326 e. The molecule has 1 N–H and O–H groups in total. The van der Waals surface area contributed by atoms with E-state index in [0.717, 1.165) is 22.8 Å². The number of hydrogen-bond acceptors (Lipinski definition) is 1. The number of rotatable bonds is 1. The summed E-state index contributed by atoms with van der Waals surface area (Å²) in [4.78, 5) is 12.0. The average Bonchev–Trinajstić information content (AvgIpc) is 2.47. The third-order valence-electron chi connectivity index (χ3n) is 4.35. The summed E-state index contributed by atoms with van der Waals surface area (Å²) in [6.07, 6.45) is -4.42. The molecule has 0 fully saturated rings. The lowest BCUT2D eigenvalue weighted by Gasteiger charge is -2.29. The number of fused-ring (bicyclic) bond motifs is 1. The fourth-order valence-electron chi connectivity index (χ4n) is 3.07. The van der Waals surface area contributed by atoms with Crippen LogP contribution in [0.1, 0.15) is 40.2 Å². The van der Waals surface area contributed by atoms with E-state index in [4.69, 9.17) is 0 Å². The largest absolute Gasteiger partial charge is 0.416 e. The zero-order valence-electron chi connectivity index (χ0n) is 12.8. The van der Waals surface area contributed by atoms with Crippen molar-refractivity contribution in [3.63, 3.8) is 0 Å². The summed E-state index contributed by atoms with van der Waals surface area (Å²) in [5, 5.41) is 2.77. The third kappa shape index (κ3) is 2.83. The Hall–Kier alpha value is -2.30. The van der Waals surface area contributed by atoms with Gasteiger partial charge in [0.1, 0.15) is 0 Å². The summed E-state index contributed by atoms with van der Waals surface area (Å²) >= 11 is 0. The molecule has 1 amide bonds. The van der Waals surface area contributed by atoms with Crippen LogP contribution in [0, 0.1) is 13.8 Å². The van der Waals surface area contributed by atoms with Crippen molar-refractivity contribution in [3.05, 3.63) is 64.2 Å². The fraction of sp³-hybridized carbons (Fsp3) is 0.278. The molecular weight excluding hydrogens is 303 g/mol. The summed E-state index contributed by atoms with van der Waals surface area (Å²) in [7, 11) is 0. The van der Waals surface area contributed by atoms with Gasteiger partial charge in [-0.15, -0.1) is 0 Å². The van der Waals surface area contributed by atoms with Crippen molar-refractivity contribution in [2.75, 3.05) is 5.32 Å². The molecule has 2 aromatic carbocycles. The number of halogens is 3. The van der Waals surface area contributed by atoms with Gasteiger partial charge in [0.2, 0.25) is 5.91 Å². The van der Waals surface area contributed by atoms with Gasteiger partial charge in [-0.05, 0) is 48.2 Å². The molecule has 2 nitrogen and oxygen atoms in total. The lowest BCUT2D eigenvalue weighted by atomic mass is 9.81. The van der Waals surface area contributed by atoms with E-state index in [1.54, 1.807) is 6.07 Å². The minimum Gasteiger partial charge on any atom is -0.326 e. The molecule has 0 saturated carbocycles. The summed E-state index contributed by atoms with van der Waals surface area (Å²) in [6.45, 7) is 3.83. The highest BCUT2D eigenvalue weighted by Gasteiger charge is 2.37. The molecule has 0 aromatic heterocycles. The fourth-order valence-corrected chi connectivity index (χ4v) is 3.07. The van der Waals surface area contributed by atoms with E-state index in [2.05, 4.69) is 5.32 Å². The van der Waals surface area contributed by atoms with Crippen LogP contribution in [-0.2, 0) is 11.0 Å². The molecule has 120 valence electrons. The first kappa shape index (κ1) is 15.6. The monoisotopic (exact) mass is 319 g/mol. The second-order valence-electron chi connectivity index (χ2n) is 5.91. The van der Waals surface area contributed by atoms with E-state index in [1.165, 1.54) is 12.1 Å². The number of carbonyl (C=O) groups is 1. The first-order valence-electron chi connectivity index (χ1n) is 7.34. The summed E-state index contributed by atoms with van der Waals surface area (Å²) < 4.78 is 40.0. The number of benzene rings is 2. The molecule has 0 unspecified atom stereocenters.